The molecule has 0 saturated carbocycles. The van der Waals surface area contributed by atoms with Crippen molar-refractivity contribution in [3.8, 4) is 0 Å². The van der Waals surface area contributed by atoms with Gasteiger partial charge in [0.15, 0.2) is 5.11 Å². The van der Waals surface area contributed by atoms with E-state index < -0.39 is 0 Å². The van der Waals surface area contributed by atoms with Gasteiger partial charge in [-0.05, 0) is 42.6 Å². The second kappa shape index (κ2) is 7.60. The Bertz CT molecular complexity index is 427. The average molecular weight is 292 g/mol. The van der Waals surface area contributed by atoms with Crippen LogP contribution in [0.15, 0.2) is 24.3 Å². The summed E-state index contributed by atoms with van der Waals surface area (Å²) in [5.74, 6) is 0. The van der Waals surface area contributed by atoms with E-state index in [9.17, 15) is 0 Å². The molecule has 1 N–H and O–H groups in total. The lowest BCUT2D eigenvalue weighted by atomic mass is 10.1. The molecule has 20 heavy (non-hydrogen) atoms. The molecule has 0 spiro atoms. The first-order valence-corrected chi connectivity index (χ1v) is 7.78. The van der Waals surface area contributed by atoms with Gasteiger partial charge in [-0.1, -0.05) is 31.2 Å². The molecule has 1 aromatic carbocycles. The first kappa shape index (κ1) is 15.3. The van der Waals surface area contributed by atoms with Crippen molar-refractivity contribution in [3.63, 3.8) is 0 Å². The van der Waals surface area contributed by atoms with Crippen molar-refractivity contribution in [2.24, 2.45) is 0 Å². The minimum Gasteiger partial charge on any atom is -0.376 e. The first-order valence-electron chi connectivity index (χ1n) is 7.37. The van der Waals surface area contributed by atoms with Gasteiger partial charge in [-0.2, -0.15) is 0 Å². The summed E-state index contributed by atoms with van der Waals surface area (Å²) >= 11 is 5.42. The molecule has 110 valence electrons. The first-order chi connectivity index (χ1) is 9.69. The van der Waals surface area contributed by atoms with E-state index in [4.69, 9.17) is 17.0 Å². The Balaban J connectivity index is 1.77. The summed E-state index contributed by atoms with van der Waals surface area (Å²) in [5.41, 5.74) is 2.65. The number of hydrogen-bond donors (Lipinski definition) is 1. The molecule has 1 atom stereocenters. The standard InChI is InChI=1S/C16H24N2OS/c1-3-13-6-8-14(9-7-13)12-18(2)16(20)17-11-15-5-4-10-19-15/h6-9,15H,3-5,10-12H2,1-2H3,(H,17,20)/t15-/m0/s1. The van der Waals surface area contributed by atoms with Gasteiger partial charge < -0.3 is 15.0 Å². The van der Waals surface area contributed by atoms with Crippen molar-refractivity contribution >= 4 is 17.3 Å². The van der Waals surface area contributed by atoms with Crippen LogP contribution in [0, 0.1) is 0 Å². The van der Waals surface area contributed by atoms with Crippen LogP contribution in [0.2, 0.25) is 0 Å². The van der Waals surface area contributed by atoms with Gasteiger partial charge in [0, 0.05) is 26.7 Å². The molecule has 1 heterocycles. The minimum atomic E-state index is 0.324. The van der Waals surface area contributed by atoms with Crippen LogP contribution in [0.5, 0.6) is 0 Å². The molecule has 3 nitrogen and oxygen atoms in total. The summed E-state index contributed by atoms with van der Waals surface area (Å²) in [5, 5.41) is 4.09. The summed E-state index contributed by atoms with van der Waals surface area (Å²) in [4.78, 5) is 2.07. The number of aryl methyl sites for hydroxylation is 1. The minimum absolute atomic E-state index is 0.324. The van der Waals surface area contributed by atoms with Gasteiger partial charge in [0.2, 0.25) is 0 Å². The maximum absolute atomic E-state index is 5.59. The topological polar surface area (TPSA) is 24.5 Å². The van der Waals surface area contributed by atoms with Crippen molar-refractivity contribution < 1.29 is 4.74 Å². The largest absolute Gasteiger partial charge is 0.376 e. The molecule has 1 aliphatic heterocycles. The highest BCUT2D eigenvalue weighted by Crippen LogP contribution is 2.11. The Hall–Kier alpha value is -1.13. The lowest BCUT2D eigenvalue weighted by Gasteiger charge is -2.22. The third kappa shape index (κ3) is 4.46. The van der Waals surface area contributed by atoms with Gasteiger partial charge in [-0.25, -0.2) is 0 Å². The van der Waals surface area contributed by atoms with E-state index in [2.05, 4.69) is 41.4 Å². The van der Waals surface area contributed by atoms with E-state index >= 15 is 0 Å². The van der Waals surface area contributed by atoms with E-state index in [1.807, 2.05) is 7.05 Å². The van der Waals surface area contributed by atoms with Crippen molar-refractivity contribution in [2.75, 3.05) is 20.2 Å². The van der Waals surface area contributed by atoms with Crippen molar-refractivity contribution in [2.45, 2.75) is 38.8 Å². The number of benzene rings is 1. The fourth-order valence-electron chi connectivity index (χ4n) is 2.37. The van der Waals surface area contributed by atoms with Crippen LogP contribution < -0.4 is 5.32 Å². The lowest BCUT2D eigenvalue weighted by Crippen LogP contribution is -2.40. The molecule has 0 bridgehead atoms. The SMILES string of the molecule is CCc1ccc(CN(C)C(=S)NC[C@@H]2CCCO2)cc1. The number of hydrogen-bond acceptors (Lipinski definition) is 2. The molecule has 4 heteroatoms. The number of rotatable bonds is 5. The Morgan fingerprint density at radius 2 is 2.05 bits per heavy atom. The van der Waals surface area contributed by atoms with Crippen molar-refractivity contribution in [1.29, 1.82) is 0 Å². The summed E-state index contributed by atoms with van der Waals surface area (Å²) in [6.07, 6.45) is 3.71. The van der Waals surface area contributed by atoms with E-state index in [0.717, 1.165) is 37.7 Å². The molecule has 2 rings (SSSR count). The Morgan fingerprint density at radius 3 is 2.65 bits per heavy atom. The Kier molecular flexibility index (Phi) is 5.80. The van der Waals surface area contributed by atoms with E-state index in [1.165, 1.54) is 17.5 Å². The summed E-state index contributed by atoms with van der Waals surface area (Å²) in [6.45, 7) is 4.71. The molecule has 0 aliphatic carbocycles. The van der Waals surface area contributed by atoms with Crippen LogP contribution in [-0.2, 0) is 17.7 Å². The maximum atomic E-state index is 5.59. The van der Waals surface area contributed by atoms with Crippen molar-refractivity contribution in [3.05, 3.63) is 35.4 Å². The van der Waals surface area contributed by atoms with Gasteiger partial charge in [0.1, 0.15) is 0 Å². The normalized spacial score (nSPS) is 18.0. The van der Waals surface area contributed by atoms with Crippen LogP contribution >= 0.6 is 12.2 Å². The number of nitrogens with one attached hydrogen (secondary N) is 1. The van der Waals surface area contributed by atoms with E-state index in [0.29, 0.717) is 6.10 Å². The number of ether oxygens (including phenoxy) is 1. The zero-order valence-electron chi connectivity index (χ0n) is 12.4. The highest BCUT2D eigenvalue weighted by atomic mass is 32.1. The van der Waals surface area contributed by atoms with Gasteiger partial charge in [0.25, 0.3) is 0 Å². The van der Waals surface area contributed by atoms with Crippen LogP contribution in [-0.4, -0.2) is 36.3 Å². The molecular weight excluding hydrogens is 268 g/mol. The van der Waals surface area contributed by atoms with Crippen LogP contribution in [0.25, 0.3) is 0 Å². The van der Waals surface area contributed by atoms with Gasteiger partial charge in [0.05, 0.1) is 6.10 Å². The Morgan fingerprint density at radius 1 is 1.35 bits per heavy atom. The van der Waals surface area contributed by atoms with Crippen LogP contribution in [0.3, 0.4) is 0 Å². The van der Waals surface area contributed by atoms with Crippen LogP contribution in [0.4, 0.5) is 0 Å². The fourth-order valence-corrected chi connectivity index (χ4v) is 2.52. The summed E-state index contributed by atoms with van der Waals surface area (Å²) < 4.78 is 5.59. The zero-order chi connectivity index (χ0) is 14.4. The van der Waals surface area contributed by atoms with Gasteiger partial charge in [-0.3, -0.25) is 0 Å². The van der Waals surface area contributed by atoms with Gasteiger partial charge in [-0.15, -0.1) is 0 Å². The number of thiocarbonyl (C=S) groups is 1. The predicted molar refractivity (Wildman–Crippen MR) is 86.9 cm³/mol. The quantitative estimate of drug-likeness (QED) is 0.844. The predicted octanol–water partition coefficient (Wildman–Crippen LogP) is 2.73. The molecular formula is C16H24N2OS. The molecule has 1 aliphatic rings. The maximum Gasteiger partial charge on any atom is 0.169 e. The zero-order valence-corrected chi connectivity index (χ0v) is 13.2. The number of nitrogens with zero attached hydrogens (tertiary/aromatic N) is 1. The molecule has 1 fully saturated rings. The van der Waals surface area contributed by atoms with Crippen molar-refractivity contribution in [1.82, 2.24) is 10.2 Å². The third-order valence-electron chi connectivity index (χ3n) is 3.70. The smallest absolute Gasteiger partial charge is 0.169 e. The van der Waals surface area contributed by atoms with Gasteiger partial charge >= 0.3 is 0 Å². The molecule has 1 saturated heterocycles. The highest BCUT2D eigenvalue weighted by molar-refractivity contribution is 7.80. The second-order valence-electron chi connectivity index (χ2n) is 5.35. The molecule has 0 unspecified atom stereocenters. The molecule has 0 amide bonds. The molecule has 0 aromatic heterocycles. The Labute approximate surface area is 127 Å². The second-order valence-corrected chi connectivity index (χ2v) is 5.73. The monoisotopic (exact) mass is 292 g/mol. The van der Waals surface area contributed by atoms with Crippen LogP contribution in [0.1, 0.15) is 30.9 Å². The lowest BCUT2D eigenvalue weighted by molar-refractivity contribution is 0.113. The highest BCUT2D eigenvalue weighted by Gasteiger charge is 2.16. The van der Waals surface area contributed by atoms with E-state index in [-0.39, 0.29) is 0 Å². The average Bonchev–Trinajstić information content (AvgIpc) is 2.98. The fraction of sp³-hybridized carbons (Fsp3) is 0.562. The summed E-state index contributed by atoms with van der Waals surface area (Å²) in [7, 11) is 2.03. The third-order valence-corrected chi connectivity index (χ3v) is 4.16. The summed E-state index contributed by atoms with van der Waals surface area (Å²) in [6, 6.07) is 8.73. The molecule has 0 radical (unpaired) electrons. The van der Waals surface area contributed by atoms with E-state index in [1.54, 1.807) is 0 Å². The molecule has 1 aromatic rings.